The molecule has 0 bridgehead atoms. The van der Waals surface area contributed by atoms with Gasteiger partial charge in [0.2, 0.25) is 5.71 Å². The molecule has 2 aromatic heterocycles. The molecule has 0 fully saturated rings. The molecule has 0 spiro atoms. The van der Waals surface area contributed by atoms with Crippen molar-refractivity contribution in [2.24, 2.45) is 5.10 Å². The summed E-state index contributed by atoms with van der Waals surface area (Å²) in [5.41, 5.74) is 6.60. The summed E-state index contributed by atoms with van der Waals surface area (Å²) >= 11 is 0. The average Bonchev–Trinajstić information content (AvgIpc) is 2.96. The third-order valence-corrected chi connectivity index (χ3v) is 3.15. The molecule has 7 heteroatoms. The highest BCUT2D eigenvalue weighted by molar-refractivity contribution is 6.10. The van der Waals surface area contributed by atoms with Gasteiger partial charge in [-0.15, -0.1) is 0 Å². The Morgan fingerprint density at radius 1 is 1.22 bits per heavy atom. The number of benzene rings is 1. The fraction of sp³-hybridized carbons (Fsp3) is 0.0625. The molecular formula is C16H11N7. The van der Waals surface area contributed by atoms with Crippen molar-refractivity contribution in [1.82, 2.24) is 14.6 Å². The standard InChI is InChI=1S/C16H11N7/c1-11-7-16-19-6-5-15(23(16)22-11)12-3-2-4-13(8-12)20-21-14(9-17)10-18/h2-8,20H,1H3. The predicted molar refractivity (Wildman–Crippen MR) is 85.4 cm³/mol. The molecule has 0 saturated carbocycles. The van der Waals surface area contributed by atoms with Crippen LogP contribution in [0.5, 0.6) is 0 Å². The smallest absolute Gasteiger partial charge is 0.237 e. The van der Waals surface area contributed by atoms with Gasteiger partial charge in [0.15, 0.2) is 5.65 Å². The molecular weight excluding hydrogens is 290 g/mol. The summed E-state index contributed by atoms with van der Waals surface area (Å²) in [6.45, 7) is 1.91. The van der Waals surface area contributed by atoms with Crippen LogP contribution in [0.4, 0.5) is 5.69 Å². The van der Waals surface area contributed by atoms with Crippen LogP contribution < -0.4 is 5.43 Å². The zero-order valence-corrected chi connectivity index (χ0v) is 12.2. The number of fused-ring (bicyclic) bond motifs is 1. The minimum absolute atomic E-state index is 0.232. The average molecular weight is 301 g/mol. The van der Waals surface area contributed by atoms with E-state index in [1.165, 1.54) is 0 Å². The van der Waals surface area contributed by atoms with Crippen LogP contribution in [0.3, 0.4) is 0 Å². The number of aromatic nitrogens is 3. The van der Waals surface area contributed by atoms with Gasteiger partial charge in [-0.3, -0.25) is 5.43 Å². The van der Waals surface area contributed by atoms with Crippen molar-refractivity contribution in [3.05, 3.63) is 48.3 Å². The van der Waals surface area contributed by atoms with Gasteiger partial charge in [0, 0.05) is 17.8 Å². The van der Waals surface area contributed by atoms with E-state index in [0.717, 1.165) is 22.6 Å². The van der Waals surface area contributed by atoms with E-state index in [-0.39, 0.29) is 5.71 Å². The van der Waals surface area contributed by atoms with Crippen molar-refractivity contribution in [1.29, 1.82) is 10.5 Å². The maximum atomic E-state index is 8.70. The minimum Gasteiger partial charge on any atom is -0.276 e. The van der Waals surface area contributed by atoms with Crippen LogP contribution in [-0.4, -0.2) is 20.3 Å². The summed E-state index contributed by atoms with van der Waals surface area (Å²) in [6.07, 6.45) is 1.73. The van der Waals surface area contributed by atoms with Gasteiger partial charge in [-0.25, -0.2) is 9.50 Å². The summed E-state index contributed by atoms with van der Waals surface area (Å²) in [6, 6.07) is 14.6. The number of nitrogens with one attached hydrogen (secondary N) is 1. The van der Waals surface area contributed by atoms with Crippen molar-refractivity contribution in [3.63, 3.8) is 0 Å². The maximum absolute atomic E-state index is 8.70. The first-order valence-electron chi connectivity index (χ1n) is 6.77. The van der Waals surface area contributed by atoms with Crippen LogP contribution in [0, 0.1) is 29.6 Å². The molecule has 0 aliphatic rings. The molecule has 1 aromatic carbocycles. The first kappa shape index (κ1) is 14.2. The lowest BCUT2D eigenvalue weighted by atomic mass is 10.1. The topological polar surface area (TPSA) is 102 Å². The van der Waals surface area contributed by atoms with Gasteiger partial charge < -0.3 is 0 Å². The highest BCUT2D eigenvalue weighted by Gasteiger charge is 2.07. The maximum Gasteiger partial charge on any atom is 0.237 e. The minimum atomic E-state index is -0.232. The number of nitrogens with zero attached hydrogens (tertiary/aromatic N) is 6. The highest BCUT2D eigenvalue weighted by Crippen LogP contribution is 2.23. The molecule has 7 nitrogen and oxygen atoms in total. The zero-order chi connectivity index (χ0) is 16.2. The third-order valence-electron chi connectivity index (χ3n) is 3.15. The Bertz CT molecular complexity index is 970. The molecule has 3 rings (SSSR count). The number of hydrogen-bond donors (Lipinski definition) is 1. The van der Waals surface area contributed by atoms with Gasteiger partial charge in [0.25, 0.3) is 0 Å². The quantitative estimate of drug-likeness (QED) is 0.591. The van der Waals surface area contributed by atoms with E-state index < -0.39 is 0 Å². The largest absolute Gasteiger partial charge is 0.276 e. The van der Waals surface area contributed by atoms with Gasteiger partial charge in [-0.2, -0.15) is 20.7 Å². The van der Waals surface area contributed by atoms with Crippen LogP contribution in [-0.2, 0) is 0 Å². The Morgan fingerprint density at radius 3 is 2.83 bits per heavy atom. The first-order valence-corrected chi connectivity index (χ1v) is 6.77. The molecule has 0 amide bonds. The van der Waals surface area contributed by atoms with Crippen molar-refractivity contribution in [2.75, 3.05) is 5.43 Å². The molecule has 23 heavy (non-hydrogen) atoms. The van der Waals surface area contributed by atoms with Crippen molar-refractivity contribution in [3.8, 4) is 23.4 Å². The summed E-state index contributed by atoms with van der Waals surface area (Å²) < 4.78 is 1.77. The Morgan fingerprint density at radius 2 is 2.04 bits per heavy atom. The molecule has 0 unspecified atom stereocenters. The van der Waals surface area contributed by atoms with Gasteiger partial charge in [-0.1, -0.05) is 12.1 Å². The fourth-order valence-electron chi connectivity index (χ4n) is 2.17. The van der Waals surface area contributed by atoms with E-state index in [2.05, 4.69) is 20.6 Å². The number of hydrogen-bond acceptors (Lipinski definition) is 6. The molecule has 2 heterocycles. The molecule has 110 valence electrons. The van der Waals surface area contributed by atoms with Gasteiger partial charge in [0.05, 0.1) is 17.1 Å². The fourth-order valence-corrected chi connectivity index (χ4v) is 2.17. The zero-order valence-electron chi connectivity index (χ0n) is 12.2. The second kappa shape index (κ2) is 5.96. The number of hydrazone groups is 1. The van der Waals surface area contributed by atoms with Crippen LogP contribution in [0.1, 0.15) is 5.69 Å². The summed E-state index contributed by atoms with van der Waals surface area (Å²) in [4.78, 5) is 4.28. The van der Waals surface area contributed by atoms with Crippen LogP contribution in [0.2, 0.25) is 0 Å². The molecule has 1 N–H and O–H groups in total. The Balaban J connectivity index is 2.01. The van der Waals surface area contributed by atoms with Gasteiger partial charge >= 0.3 is 0 Å². The molecule has 3 aromatic rings. The number of rotatable bonds is 3. The van der Waals surface area contributed by atoms with Crippen LogP contribution in [0.25, 0.3) is 16.9 Å². The van der Waals surface area contributed by atoms with E-state index in [4.69, 9.17) is 10.5 Å². The summed E-state index contributed by atoms with van der Waals surface area (Å²) in [5.74, 6) is 0. The van der Waals surface area contributed by atoms with Crippen LogP contribution in [0.15, 0.2) is 47.7 Å². The van der Waals surface area contributed by atoms with Gasteiger partial charge in [-0.05, 0) is 25.1 Å². The second-order valence-corrected chi connectivity index (χ2v) is 4.76. The van der Waals surface area contributed by atoms with E-state index >= 15 is 0 Å². The second-order valence-electron chi connectivity index (χ2n) is 4.76. The number of anilines is 1. The monoisotopic (exact) mass is 301 g/mol. The lowest BCUT2D eigenvalue weighted by molar-refractivity contribution is 0.925. The van der Waals surface area contributed by atoms with E-state index in [9.17, 15) is 0 Å². The summed E-state index contributed by atoms with van der Waals surface area (Å²) in [7, 11) is 0. The number of aryl methyl sites for hydroxylation is 1. The lowest BCUT2D eigenvalue weighted by Crippen LogP contribution is -1.98. The Labute approximate surface area is 132 Å². The summed E-state index contributed by atoms with van der Waals surface area (Å²) in [5, 5.41) is 25.6. The lowest BCUT2D eigenvalue weighted by Gasteiger charge is -2.06. The van der Waals surface area contributed by atoms with E-state index in [0.29, 0.717) is 5.69 Å². The number of nitriles is 2. The molecule has 0 saturated heterocycles. The molecule has 0 aliphatic carbocycles. The Kier molecular flexibility index (Phi) is 3.69. The highest BCUT2D eigenvalue weighted by atomic mass is 15.3. The van der Waals surface area contributed by atoms with Crippen molar-refractivity contribution >= 4 is 17.0 Å². The first-order chi connectivity index (χ1) is 11.2. The van der Waals surface area contributed by atoms with Crippen molar-refractivity contribution in [2.45, 2.75) is 6.92 Å². The third kappa shape index (κ3) is 2.85. The van der Waals surface area contributed by atoms with Crippen LogP contribution >= 0.6 is 0 Å². The van der Waals surface area contributed by atoms with E-state index in [1.54, 1.807) is 28.9 Å². The molecule has 0 atom stereocenters. The normalized spacial score (nSPS) is 9.87. The Hall–Kier alpha value is -3.71. The molecule has 0 aliphatic heterocycles. The predicted octanol–water partition coefficient (Wildman–Crippen LogP) is 2.52. The SMILES string of the molecule is Cc1cc2nccc(-c3cccc(NN=C(C#N)C#N)c3)n2n1. The van der Waals surface area contributed by atoms with Crippen molar-refractivity contribution < 1.29 is 0 Å². The van der Waals surface area contributed by atoms with Gasteiger partial charge in [0.1, 0.15) is 12.1 Å². The molecule has 0 radical (unpaired) electrons. The van der Waals surface area contributed by atoms with E-state index in [1.807, 2.05) is 37.3 Å².